The van der Waals surface area contributed by atoms with Crippen molar-refractivity contribution in [3.63, 3.8) is 0 Å². The Morgan fingerprint density at radius 2 is 1.84 bits per heavy atom. The molecule has 1 aliphatic rings. The average Bonchev–Trinajstić information content (AvgIpc) is 3.18. The minimum Gasteiger partial charge on any atom is -0.493 e. The number of thioether (sulfide) groups is 1. The molecule has 0 atom stereocenters. The van der Waals surface area contributed by atoms with Crippen molar-refractivity contribution in [1.82, 2.24) is 4.90 Å². The number of likely N-dealkylation sites (N-methyl/N-ethyl adjacent to an activating group) is 1. The van der Waals surface area contributed by atoms with Crippen molar-refractivity contribution >= 4 is 56.2 Å². The summed E-state index contributed by atoms with van der Waals surface area (Å²) in [4.78, 5) is 30.0. The maximum Gasteiger partial charge on any atom is 0.269 e. The van der Waals surface area contributed by atoms with Gasteiger partial charge in [0.2, 0.25) is 0 Å². The van der Waals surface area contributed by atoms with Gasteiger partial charge in [0.15, 0.2) is 16.7 Å². The lowest BCUT2D eigenvalue weighted by Crippen LogP contribution is -2.28. The summed E-state index contributed by atoms with van der Waals surface area (Å²) < 4.78 is 25.3. The van der Waals surface area contributed by atoms with Crippen LogP contribution in [-0.4, -0.2) is 34.6 Å². The molecule has 1 heterocycles. The van der Waals surface area contributed by atoms with E-state index in [1.807, 2.05) is 6.92 Å². The Bertz CT molecular complexity index is 1390. The van der Waals surface area contributed by atoms with Gasteiger partial charge in [0.25, 0.3) is 11.6 Å². The number of carbonyl (C=O) groups is 1. The zero-order valence-electron chi connectivity index (χ0n) is 19.8. The monoisotopic (exact) mass is 585 g/mol. The molecule has 0 unspecified atom stereocenters. The maximum absolute atomic E-state index is 13.2. The zero-order valence-corrected chi connectivity index (χ0v) is 22.2. The van der Waals surface area contributed by atoms with E-state index in [1.165, 1.54) is 43.1 Å². The van der Waals surface area contributed by atoms with Gasteiger partial charge >= 0.3 is 0 Å². The smallest absolute Gasteiger partial charge is 0.269 e. The van der Waals surface area contributed by atoms with E-state index in [2.05, 4.69) is 20.9 Å². The first-order chi connectivity index (χ1) is 17.8. The van der Waals surface area contributed by atoms with E-state index in [0.717, 1.165) is 5.56 Å². The van der Waals surface area contributed by atoms with Gasteiger partial charge in [0, 0.05) is 23.2 Å². The summed E-state index contributed by atoms with van der Waals surface area (Å²) in [5, 5.41) is 11.3. The van der Waals surface area contributed by atoms with Gasteiger partial charge in [-0.15, -0.1) is 0 Å². The summed E-state index contributed by atoms with van der Waals surface area (Å²) in [5.41, 5.74) is 2.02. The molecule has 1 fully saturated rings. The minimum atomic E-state index is -0.456. The van der Waals surface area contributed by atoms with E-state index in [-0.39, 0.29) is 24.0 Å². The predicted octanol–water partition coefficient (Wildman–Crippen LogP) is 6.71. The molecule has 0 bridgehead atoms. The highest BCUT2D eigenvalue weighted by Gasteiger charge is 2.32. The Morgan fingerprint density at radius 1 is 1.14 bits per heavy atom. The van der Waals surface area contributed by atoms with Crippen LogP contribution >= 0.6 is 27.7 Å². The third kappa shape index (κ3) is 6.17. The molecule has 37 heavy (non-hydrogen) atoms. The van der Waals surface area contributed by atoms with E-state index in [0.29, 0.717) is 43.8 Å². The van der Waals surface area contributed by atoms with Gasteiger partial charge in [-0.05, 0) is 84.4 Å². The summed E-state index contributed by atoms with van der Waals surface area (Å²) in [6, 6.07) is 15.4. The van der Waals surface area contributed by atoms with Crippen LogP contribution < -0.4 is 9.47 Å². The van der Waals surface area contributed by atoms with Gasteiger partial charge in [0.05, 0.1) is 22.6 Å². The second-order valence-electron chi connectivity index (χ2n) is 7.77. The number of nitro benzene ring substituents is 1. The molecule has 4 rings (SSSR count). The normalized spacial score (nSPS) is 15.5. The molecule has 1 aliphatic heterocycles. The lowest BCUT2D eigenvalue weighted by Gasteiger charge is -2.13. The second kappa shape index (κ2) is 11.6. The van der Waals surface area contributed by atoms with Crippen molar-refractivity contribution in [2.75, 3.05) is 13.7 Å². The van der Waals surface area contributed by atoms with E-state index < -0.39 is 4.92 Å². The molecule has 8 nitrogen and oxygen atoms in total. The molecule has 1 amide bonds. The van der Waals surface area contributed by atoms with Crippen LogP contribution in [0.5, 0.6) is 11.5 Å². The van der Waals surface area contributed by atoms with Gasteiger partial charge in [-0.2, -0.15) is 0 Å². The molecule has 3 aromatic rings. The van der Waals surface area contributed by atoms with Crippen LogP contribution in [0.3, 0.4) is 0 Å². The largest absolute Gasteiger partial charge is 0.493 e. The van der Waals surface area contributed by atoms with Crippen molar-refractivity contribution in [1.29, 1.82) is 0 Å². The number of methoxy groups -OCH3 is 1. The number of amidine groups is 1. The minimum absolute atomic E-state index is 0.00769. The van der Waals surface area contributed by atoms with Crippen molar-refractivity contribution in [2.45, 2.75) is 13.5 Å². The summed E-state index contributed by atoms with van der Waals surface area (Å²) in [6.45, 7) is 2.48. The third-order valence-electron chi connectivity index (χ3n) is 5.37. The number of nitro groups is 1. The predicted molar refractivity (Wildman–Crippen MR) is 145 cm³/mol. The molecule has 0 saturated carbocycles. The fourth-order valence-corrected chi connectivity index (χ4v) is 4.94. The van der Waals surface area contributed by atoms with Gasteiger partial charge < -0.3 is 9.47 Å². The van der Waals surface area contributed by atoms with Crippen molar-refractivity contribution < 1.29 is 23.6 Å². The molecule has 0 spiro atoms. The Labute approximate surface area is 225 Å². The molecule has 0 radical (unpaired) electrons. The van der Waals surface area contributed by atoms with E-state index in [1.54, 1.807) is 47.4 Å². The number of nitrogens with zero attached hydrogens (tertiary/aromatic N) is 3. The van der Waals surface area contributed by atoms with Crippen LogP contribution in [0.2, 0.25) is 0 Å². The van der Waals surface area contributed by atoms with Crippen LogP contribution in [0.25, 0.3) is 6.08 Å². The molecule has 11 heteroatoms. The number of ether oxygens (including phenoxy) is 2. The van der Waals surface area contributed by atoms with Crippen molar-refractivity contribution in [3.05, 3.63) is 97.1 Å². The van der Waals surface area contributed by atoms with Crippen LogP contribution in [0.4, 0.5) is 15.8 Å². The molecule has 0 aliphatic carbocycles. The highest BCUT2D eigenvalue weighted by Crippen LogP contribution is 2.39. The summed E-state index contributed by atoms with van der Waals surface area (Å²) in [7, 11) is 1.51. The van der Waals surface area contributed by atoms with Gasteiger partial charge in [-0.1, -0.05) is 15.9 Å². The fourth-order valence-electron chi connectivity index (χ4n) is 3.45. The summed E-state index contributed by atoms with van der Waals surface area (Å²) >= 11 is 4.78. The molecule has 3 aromatic carbocycles. The maximum atomic E-state index is 13.2. The molecule has 1 saturated heterocycles. The first-order valence-corrected chi connectivity index (χ1v) is 12.7. The fraction of sp³-hybridized carbons (Fsp3) is 0.154. The van der Waals surface area contributed by atoms with Crippen molar-refractivity contribution in [3.8, 4) is 11.5 Å². The SMILES string of the molecule is CCN1C(=O)/C(=C\c2cc(OC)c(OCc3ccc([N+](=O)[O-])cc3)cc2Br)SC1=Nc1ccc(F)cc1. The number of rotatable bonds is 8. The van der Waals surface area contributed by atoms with E-state index >= 15 is 0 Å². The Morgan fingerprint density at radius 3 is 2.46 bits per heavy atom. The number of aliphatic imine (C=N–C) groups is 1. The average molecular weight is 586 g/mol. The van der Waals surface area contributed by atoms with Crippen LogP contribution in [-0.2, 0) is 11.4 Å². The third-order valence-corrected chi connectivity index (χ3v) is 7.06. The summed E-state index contributed by atoms with van der Waals surface area (Å²) in [5.74, 6) is 0.387. The number of non-ortho nitro benzene ring substituents is 1. The first-order valence-electron chi connectivity index (χ1n) is 11.1. The first kappa shape index (κ1) is 26.4. The highest BCUT2D eigenvalue weighted by molar-refractivity contribution is 9.10. The number of hydrogen-bond acceptors (Lipinski definition) is 7. The lowest BCUT2D eigenvalue weighted by molar-refractivity contribution is -0.384. The molecule has 190 valence electrons. The Kier molecular flexibility index (Phi) is 8.24. The Hall–Kier alpha value is -3.70. The van der Waals surface area contributed by atoms with Gasteiger partial charge in [-0.25, -0.2) is 9.38 Å². The van der Waals surface area contributed by atoms with Gasteiger partial charge in [-0.3, -0.25) is 19.8 Å². The van der Waals surface area contributed by atoms with Crippen molar-refractivity contribution in [2.24, 2.45) is 4.99 Å². The quantitative estimate of drug-likeness (QED) is 0.166. The van der Waals surface area contributed by atoms with E-state index in [9.17, 15) is 19.3 Å². The zero-order chi connectivity index (χ0) is 26.5. The highest BCUT2D eigenvalue weighted by atomic mass is 79.9. The topological polar surface area (TPSA) is 94.3 Å². The van der Waals surface area contributed by atoms with Crippen LogP contribution in [0.1, 0.15) is 18.1 Å². The standard InChI is InChI=1S/C26H21BrFN3O5S/c1-3-30-25(32)24(37-26(30)29-19-8-6-18(28)7-9-19)13-17-12-22(35-2)23(14-21(17)27)36-15-16-4-10-20(11-5-16)31(33)34/h4-14H,3,15H2,1-2H3/b24-13+,29-26?. The summed E-state index contributed by atoms with van der Waals surface area (Å²) in [6.07, 6.45) is 1.75. The number of amides is 1. The molecule has 0 aromatic heterocycles. The second-order valence-corrected chi connectivity index (χ2v) is 9.63. The van der Waals surface area contributed by atoms with Crippen LogP contribution in [0, 0.1) is 15.9 Å². The number of hydrogen-bond donors (Lipinski definition) is 0. The molecular formula is C26H21BrFN3O5S. The number of benzene rings is 3. The number of halogens is 2. The van der Waals surface area contributed by atoms with Gasteiger partial charge in [0.1, 0.15) is 12.4 Å². The molecular weight excluding hydrogens is 565 g/mol. The van der Waals surface area contributed by atoms with Crippen LogP contribution in [0.15, 0.2) is 75.0 Å². The van der Waals surface area contributed by atoms with E-state index in [4.69, 9.17) is 9.47 Å². The number of carbonyl (C=O) groups excluding carboxylic acids is 1. The Balaban J connectivity index is 1.56. The lowest BCUT2D eigenvalue weighted by atomic mass is 10.1. The molecule has 0 N–H and O–H groups in total.